The average molecular weight is 356 g/mol. The largest absolute Gasteiger partial charge is 0.491 e. The number of imidazole rings is 1. The SMILES string of the molecule is Cc1ccnc(-c2cn3c(n2)-c2cc(Br)ccc2OCC3)c1. The molecule has 1 aliphatic heterocycles. The van der Waals surface area contributed by atoms with Crippen LogP contribution in [-0.4, -0.2) is 21.1 Å². The standard InChI is InChI=1S/C17H14BrN3O/c1-11-4-5-19-14(8-11)15-10-21-6-7-22-16-3-2-12(18)9-13(16)17(21)20-15/h2-5,8-10H,6-7H2,1H3. The predicted molar refractivity (Wildman–Crippen MR) is 88.8 cm³/mol. The van der Waals surface area contributed by atoms with Gasteiger partial charge in [-0.1, -0.05) is 15.9 Å². The van der Waals surface area contributed by atoms with Crippen LogP contribution in [0.5, 0.6) is 5.75 Å². The number of aryl methyl sites for hydroxylation is 1. The van der Waals surface area contributed by atoms with Crippen molar-refractivity contribution < 1.29 is 4.74 Å². The molecule has 0 atom stereocenters. The summed E-state index contributed by atoms with van der Waals surface area (Å²) in [6, 6.07) is 10.1. The predicted octanol–water partition coefficient (Wildman–Crippen LogP) is 4.08. The smallest absolute Gasteiger partial charge is 0.144 e. The van der Waals surface area contributed by atoms with Crippen LogP contribution in [0.3, 0.4) is 0 Å². The van der Waals surface area contributed by atoms with Gasteiger partial charge in [0.1, 0.15) is 23.9 Å². The molecule has 1 aliphatic rings. The minimum Gasteiger partial charge on any atom is -0.491 e. The summed E-state index contributed by atoms with van der Waals surface area (Å²) >= 11 is 3.52. The van der Waals surface area contributed by atoms with Gasteiger partial charge in [0.05, 0.1) is 17.8 Å². The summed E-state index contributed by atoms with van der Waals surface area (Å²) in [5.74, 6) is 1.79. The lowest BCUT2D eigenvalue weighted by Crippen LogP contribution is -2.04. The van der Waals surface area contributed by atoms with Crippen LogP contribution < -0.4 is 4.74 Å². The molecule has 1 aromatic carbocycles. The summed E-state index contributed by atoms with van der Waals surface area (Å²) in [5.41, 5.74) is 3.98. The van der Waals surface area contributed by atoms with Crippen molar-refractivity contribution >= 4 is 15.9 Å². The van der Waals surface area contributed by atoms with Gasteiger partial charge in [-0.25, -0.2) is 4.98 Å². The van der Waals surface area contributed by atoms with E-state index in [0.29, 0.717) is 6.61 Å². The highest BCUT2D eigenvalue weighted by Crippen LogP contribution is 2.35. The number of rotatable bonds is 1. The van der Waals surface area contributed by atoms with E-state index < -0.39 is 0 Å². The Balaban J connectivity index is 1.88. The first-order chi connectivity index (χ1) is 10.7. The topological polar surface area (TPSA) is 39.9 Å². The Morgan fingerprint density at radius 1 is 1.18 bits per heavy atom. The molecule has 3 heterocycles. The maximum atomic E-state index is 5.81. The molecule has 2 aromatic heterocycles. The Hall–Kier alpha value is -2.14. The summed E-state index contributed by atoms with van der Waals surface area (Å²) < 4.78 is 8.96. The summed E-state index contributed by atoms with van der Waals surface area (Å²) in [7, 11) is 0. The van der Waals surface area contributed by atoms with Gasteiger partial charge in [0.25, 0.3) is 0 Å². The van der Waals surface area contributed by atoms with E-state index in [1.807, 2.05) is 30.5 Å². The molecule has 110 valence electrons. The third-order valence-corrected chi connectivity index (χ3v) is 4.22. The lowest BCUT2D eigenvalue weighted by atomic mass is 10.2. The second-order valence-electron chi connectivity index (χ2n) is 5.35. The number of ether oxygens (including phenoxy) is 1. The highest BCUT2D eigenvalue weighted by atomic mass is 79.9. The Bertz CT molecular complexity index is 857. The van der Waals surface area contributed by atoms with E-state index in [-0.39, 0.29) is 0 Å². The van der Waals surface area contributed by atoms with E-state index in [4.69, 9.17) is 9.72 Å². The zero-order valence-electron chi connectivity index (χ0n) is 12.1. The molecule has 5 heteroatoms. The van der Waals surface area contributed by atoms with Gasteiger partial charge in [0.15, 0.2) is 0 Å². The van der Waals surface area contributed by atoms with Crippen LogP contribution in [0.1, 0.15) is 5.56 Å². The summed E-state index contributed by atoms with van der Waals surface area (Å²) in [6.45, 7) is 3.48. The summed E-state index contributed by atoms with van der Waals surface area (Å²) in [4.78, 5) is 9.24. The Morgan fingerprint density at radius 2 is 2.09 bits per heavy atom. The Labute approximate surface area is 136 Å². The fraction of sp³-hybridized carbons (Fsp3) is 0.176. The normalized spacial score (nSPS) is 13.0. The van der Waals surface area contributed by atoms with Crippen LogP contribution >= 0.6 is 15.9 Å². The van der Waals surface area contributed by atoms with Gasteiger partial charge < -0.3 is 9.30 Å². The van der Waals surface area contributed by atoms with Gasteiger partial charge in [-0.15, -0.1) is 0 Å². The zero-order chi connectivity index (χ0) is 15.1. The molecule has 4 rings (SSSR count). The quantitative estimate of drug-likeness (QED) is 0.660. The van der Waals surface area contributed by atoms with Crippen LogP contribution in [0.4, 0.5) is 0 Å². The molecule has 0 spiro atoms. The third kappa shape index (κ3) is 2.31. The molecule has 0 unspecified atom stereocenters. The van der Waals surface area contributed by atoms with Crippen molar-refractivity contribution in [2.45, 2.75) is 13.5 Å². The van der Waals surface area contributed by atoms with Crippen molar-refractivity contribution in [3.05, 3.63) is 52.8 Å². The van der Waals surface area contributed by atoms with Crippen molar-refractivity contribution in [3.8, 4) is 28.5 Å². The van der Waals surface area contributed by atoms with E-state index >= 15 is 0 Å². The van der Waals surface area contributed by atoms with Gasteiger partial charge in [-0.05, 0) is 42.8 Å². The minimum atomic E-state index is 0.638. The van der Waals surface area contributed by atoms with E-state index in [0.717, 1.165) is 39.5 Å². The molecular formula is C17H14BrN3O. The molecule has 0 aliphatic carbocycles. The highest BCUT2D eigenvalue weighted by molar-refractivity contribution is 9.10. The van der Waals surface area contributed by atoms with Gasteiger partial charge in [0.2, 0.25) is 0 Å². The Morgan fingerprint density at radius 3 is 2.95 bits per heavy atom. The molecule has 22 heavy (non-hydrogen) atoms. The molecule has 0 radical (unpaired) electrons. The number of pyridine rings is 1. The van der Waals surface area contributed by atoms with Crippen molar-refractivity contribution in [1.29, 1.82) is 0 Å². The van der Waals surface area contributed by atoms with Crippen molar-refractivity contribution in [2.24, 2.45) is 0 Å². The maximum absolute atomic E-state index is 5.81. The van der Waals surface area contributed by atoms with Gasteiger partial charge in [-0.2, -0.15) is 0 Å². The fourth-order valence-corrected chi connectivity index (χ4v) is 3.02. The fourth-order valence-electron chi connectivity index (χ4n) is 2.66. The number of halogens is 1. The van der Waals surface area contributed by atoms with Crippen molar-refractivity contribution in [3.63, 3.8) is 0 Å². The first-order valence-corrected chi connectivity index (χ1v) is 7.93. The van der Waals surface area contributed by atoms with Crippen LogP contribution in [-0.2, 0) is 6.54 Å². The number of aromatic nitrogens is 3. The third-order valence-electron chi connectivity index (χ3n) is 3.73. The number of hydrogen-bond acceptors (Lipinski definition) is 3. The molecule has 0 amide bonds. The average Bonchev–Trinajstić information content (AvgIpc) is 2.86. The van der Waals surface area contributed by atoms with Crippen LogP contribution in [0.2, 0.25) is 0 Å². The lowest BCUT2D eigenvalue weighted by molar-refractivity contribution is 0.306. The molecule has 4 nitrogen and oxygen atoms in total. The highest BCUT2D eigenvalue weighted by Gasteiger charge is 2.19. The molecule has 0 N–H and O–H groups in total. The number of hydrogen-bond donors (Lipinski definition) is 0. The van der Waals surface area contributed by atoms with E-state index in [1.54, 1.807) is 0 Å². The first-order valence-electron chi connectivity index (χ1n) is 7.13. The number of benzene rings is 1. The summed E-state index contributed by atoms with van der Waals surface area (Å²) in [5, 5.41) is 0. The second kappa shape index (κ2) is 5.25. The number of nitrogens with zero attached hydrogens (tertiary/aromatic N) is 3. The van der Waals surface area contributed by atoms with Gasteiger partial charge in [-0.3, -0.25) is 4.98 Å². The maximum Gasteiger partial charge on any atom is 0.144 e. The zero-order valence-corrected chi connectivity index (χ0v) is 13.7. The van der Waals surface area contributed by atoms with Gasteiger partial charge >= 0.3 is 0 Å². The molecule has 0 saturated carbocycles. The van der Waals surface area contributed by atoms with E-state index in [9.17, 15) is 0 Å². The first kappa shape index (κ1) is 13.5. The molecular weight excluding hydrogens is 342 g/mol. The van der Waals surface area contributed by atoms with Crippen molar-refractivity contribution in [1.82, 2.24) is 14.5 Å². The molecule has 0 saturated heterocycles. The second-order valence-corrected chi connectivity index (χ2v) is 6.27. The van der Waals surface area contributed by atoms with E-state index in [2.05, 4.69) is 44.7 Å². The molecule has 3 aromatic rings. The van der Waals surface area contributed by atoms with Crippen molar-refractivity contribution in [2.75, 3.05) is 6.61 Å². The van der Waals surface area contributed by atoms with Crippen LogP contribution in [0.15, 0.2) is 47.2 Å². The Kier molecular flexibility index (Phi) is 3.22. The van der Waals surface area contributed by atoms with Crippen LogP contribution in [0, 0.1) is 6.92 Å². The minimum absolute atomic E-state index is 0.638. The summed E-state index contributed by atoms with van der Waals surface area (Å²) in [6.07, 6.45) is 3.87. The molecule has 0 fully saturated rings. The van der Waals surface area contributed by atoms with Crippen LogP contribution in [0.25, 0.3) is 22.8 Å². The molecule has 0 bridgehead atoms. The number of fused-ring (bicyclic) bond motifs is 3. The monoisotopic (exact) mass is 355 g/mol. The van der Waals surface area contributed by atoms with E-state index in [1.165, 1.54) is 5.56 Å². The van der Waals surface area contributed by atoms with Gasteiger partial charge in [0, 0.05) is 16.9 Å². The lowest BCUT2D eigenvalue weighted by Gasteiger charge is -2.06.